The molecule has 0 aromatic heterocycles. The second kappa shape index (κ2) is 6.64. The van der Waals surface area contributed by atoms with E-state index in [1.807, 2.05) is 31.2 Å². The van der Waals surface area contributed by atoms with Crippen molar-refractivity contribution in [3.05, 3.63) is 29.8 Å². The van der Waals surface area contributed by atoms with Gasteiger partial charge in [-0.25, -0.2) is 0 Å². The summed E-state index contributed by atoms with van der Waals surface area (Å²) < 4.78 is 5.41. The highest BCUT2D eigenvalue weighted by molar-refractivity contribution is 5.80. The van der Waals surface area contributed by atoms with Crippen LogP contribution in [0.25, 0.3) is 0 Å². The van der Waals surface area contributed by atoms with Gasteiger partial charge in [0.2, 0.25) is 5.91 Å². The van der Waals surface area contributed by atoms with Crippen molar-refractivity contribution in [3.8, 4) is 5.75 Å². The van der Waals surface area contributed by atoms with Crippen LogP contribution in [0.4, 0.5) is 0 Å². The third-order valence-corrected chi connectivity index (χ3v) is 2.55. The second-order valence-electron chi connectivity index (χ2n) is 4.16. The van der Waals surface area contributed by atoms with Gasteiger partial charge in [-0.05, 0) is 25.5 Å². The normalized spacial score (nSPS) is 11.8. The van der Waals surface area contributed by atoms with Crippen LogP contribution >= 0.6 is 0 Å². The number of amides is 1. The topological polar surface area (TPSA) is 89.6 Å². The molecule has 5 heteroatoms. The summed E-state index contributed by atoms with van der Waals surface area (Å²) in [6.07, 6.45) is 0.0960. The Labute approximate surface area is 106 Å². The molecule has 0 saturated carbocycles. The van der Waals surface area contributed by atoms with E-state index in [9.17, 15) is 9.59 Å². The number of carbonyl (C=O) groups excluding carboxylic acids is 1. The first-order chi connectivity index (χ1) is 8.49. The fourth-order valence-electron chi connectivity index (χ4n) is 1.51. The number of hydrogen-bond acceptors (Lipinski definition) is 3. The number of ether oxygens (including phenoxy) is 1. The lowest BCUT2D eigenvalue weighted by molar-refractivity contribution is -0.144. The maximum absolute atomic E-state index is 10.9. The lowest BCUT2D eigenvalue weighted by atomic mass is 10.0. The third-order valence-electron chi connectivity index (χ3n) is 2.55. The number of nitrogens with two attached hydrogens (primary N) is 1. The van der Waals surface area contributed by atoms with E-state index in [2.05, 4.69) is 0 Å². The van der Waals surface area contributed by atoms with Crippen LogP contribution < -0.4 is 10.5 Å². The smallest absolute Gasteiger partial charge is 0.307 e. The number of primary amides is 1. The van der Waals surface area contributed by atoms with E-state index >= 15 is 0 Å². The maximum atomic E-state index is 10.9. The molecule has 0 fully saturated rings. The first-order valence-corrected chi connectivity index (χ1v) is 5.69. The number of aryl methyl sites for hydroxylation is 1. The van der Waals surface area contributed by atoms with E-state index < -0.39 is 17.8 Å². The lowest BCUT2D eigenvalue weighted by Gasteiger charge is -2.11. The molecule has 5 nitrogen and oxygen atoms in total. The summed E-state index contributed by atoms with van der Waals surface area (Å²) in [5.74, 6) is -1.74. The molecule has 1 rings (SSSR count). The van der Waals surface area contributed by atoms with E-state index in [4.69, 9.17) is 15.6 Å². The molecule has 0 aliphatic rings. The van der Waals surface area contributed by atoms with E-state index in [0.29, 0.717) is 5.75 Å². The summed E-state index contributed by atoms with van der Waals surface area (Å²) >= 11 is 0. The van der Waals surface area contributed by atoms with Gasteiger partial charge in [-0.2, -0.15) is 0 Å². The average Bonchev–Trinajstić information content (AvgIpc) is 2.29. The van der Waals surface area contributed by atoms with Crippen LogP contribution in [-0.2, 0) is 9.59 Å². The van der Waals surface area contributed by atoms with Crippen molar-refractivity contribution < 1.29 is 19.4 Å². The van der Waals surface area contributed by atoms with Gasteiger partial charge in [0, 0.05) is 6.42 Å². The molecule has 0 bridgehead atoms. The molecule has 0 spiro atoms. The zero-order valence-electron chi connectivity index (χ0n) is 10.3. The minimum atomic E-state index is -1.03. The number of aliphatic carboxylic acids is 1. The largest absolute Gasteiger partial charge is 0.494 e. The summed E-state index contributed by atoms with van der Waals surface area (Å²) in [5.41, 5.74) is 6.11. The fourth-order valence-corrected chi connectivity index (χ4v) is 1.51. The molecule has 18 heavy (non-hydrogen) atoms. The molecular weight excluding hydrogens is 234 g/mol. The first kappa shape index (κ1) is 14.0. The van der Waals surface area contributed by atoms with Gasteiger partial charge in [-0.15, -0.1) is 0 Å². The van der Waals surface area contributed by atoms with Crippen molar-refractivity contribution in [2.75, 3.05) is 6.61 Å². The summed E-state index contributed by atoms with van der Waals surface area (Å²) in [6, 6.07) is 7.46. The highest BCUT2D eigenvalue weighted by Gasteiger charge is 2.19. The van der Waals surface area contributed by atoms with Gasteiger partial charge in [0.1, 0.15) is 5.75 Å². The first-order valence-electron chi connectivity index (χ1n) is 5.69. The van der Waals surface area contributed by atoms with Crippen molar-refractivity contribution in [3.63, 3.8) is 0 Å². The highest BCUT2D eigenvalue weighted by Crippen LogP contribution is 2.14. The van der Waals surface area contributed by atoms with Gasteiger partial charge < -0.3 is 15.6 Å². The minimum Gasteiger partial charge on any atom is -0.494 e. The SMILES string of the molecule is Cc1ccc(OCC[C@H](CC(N)=O)C(=O)O)cc1. The Morgan fingerprint density at radius 2 is 1.94 bits per heavy atom. The molecule has 98 valence electrons. The summed E-state index contributed by atoms with van der Waals surface area (Å²) in [6.45, 7) is 2.21. The Balaban J connectivity index is 2.41. The van der Waals surface area contributed by atoms with E-state index in [1.165, 1.54) is 0 Å². The van der Waals surface area contributed by atoms with Crippen molar-refractivity contribution in [2.24, 2.45) is 11.7 Å². The Morgan fingerprint density at radius 1 is 1.33 bits per heavy atom. The van der Waals surface area contributed by atoms with Crippen LogP contribution in [0.1, 0.15) is 18.4 Å². The summed E-state index contributed by atoms with van der Waals surface area (Å²) in [4.78, 5) is 21.6. The quantitative estimate of drug-likeness (QED) is 0.765. The predicted octanol–water partition coefficient (Wildman–Crippen LogP) is 1.34. The molecule has 0 radical (unpaired) electrons. The van der Waals surface area contributed by atoms with E-state index in [1.54, 1.807) is 0 Å². The molecule has 1 aromatic carbocycles. The van der Waals surface area contributed by atoms with Crippen LogP contribution in [0.2, 0.25) is 0 Å². The van der Waals surface area contributed by atoms with Crippen LogP contribution in [0.15, 0.2) is 24.3 Å². The standard InChI is InChI=1S/C13H17NO4/c1-9-2-4-11(5-3-9)18-7-6-10(13(16)17)8-12(14)15/h2-5,10H,6-8H2,1H3,(H2,14,15)(H,16,17)/t10-/m1/s1. The zero-order chi connectivity index (χ0) is 13.5. The monoisotopic (exact) mass is 251 g/mol. The molecule has 1 amide bonds. The van der Waals surface area contributed by atoms with Crippen molar-refractivity contribution in [2.45, 2.75) is 19.8 Å². The van der Waals surface area contributed by atoms with Gasteiger partial charge in [0.25, 0.3) is 0 Å². The number of carbonyl (C=O) groups is 2. The van der Waals surface area contributed by atoms with Gasteiger partial charge in [-0.3, -0.25) is 9.59 Å². The molecular formula is C13H17NO4. The lowest BCUT2D eigenvalue weighted by Crippen LogP contribution is -2.24. The van der Waals surface area contributed by atoms with Crippen LogP contribution in [0, 0.1) is 12.8 Å². The molecule has 1 aromatic rings. The number of carboxylic acid groups (broad SMARTS) is 1. The number of carboxylic acids is 1. The molecule has 3 N–H and O–H groups in total. The second-order valence-corrected chi connectivity index (χ2v) is 4.16. The predicted molar refractivity (Wildman–Crippen MR) is 66.2 cm³/mol. The zero-order valence-corrected chi connectivity index (χ0v) is 10.3. The van der Waals surface area contributed by atoms with Crippen molar-refractivity contribution in [1.82, 2.24) is 0 Å². The molecule has 0 heterocycles. The van der Waals surface area contributed by atoms with E-state index in [-0.39, 0.29) is 19.4 Å². The Morgan fingerprint density at radius 3 is 2.44 bits per heavy atom. The molecule has 0 aliphatic carbocycles. The number of rotatable bonds is 7. The highest BCUT2D eigenvalue weighted by atomic mass is 16.5. The summed E-state index contributed by atoms with van der Waals surface area (Å²) in [7, 11) is 0. The van der Waals surface area contributed by atoms with Crippen molar-refractivity contribution in [1.29, 1.82) is 0 Å². The molecule has 0 aliphatic heterocycles. The maximum Gasteiger partial charge on any atom is 0.307 e. The van der Waals surface area contributed by atoms with Gasteiger partial charge in [0.15, 0.2) is 0 Å². The van der Waals surface area contributed by atoms with Crippen LogP contribution in [0.5, 0.6) is 5.75 Å². The average molecular weight is 251 g/mol. The molecule has 1 atom stereocenters. The molecule has 0 unspecified atom stereocenters. The molecule has 0 saturated heterocycles. The van der Waals surface area contributed by atoms with Crippen LogP contribution in [-0.4, -0.2) is 23.6 Å². The number of benzene rings is 1. The van der Waals surface area contributed by atoms with E-state index in [0.717, 1.165) is 5.56 Å². The Bertz CT molecular complexity index is 414. The van der Waals surface area contributed by atoms with Gasteiger partial charge in [-0.1, -0.05) is 17.7 Å². The number of hydrogen-bond donors (Lipinski definition) is 2. The van der Waals surface area contributed by atoms with Crippen LogP contribution in [0.3, 0.4) is 0 Å². The fraction of sp³-hybridized carbons (Fsp3) is 0.385. The van der Waals surface area contributed by atoms with Gasteiger partial charge in [0.05, 0.1) is 12.5 Å². The summed E-state index contributed by atoms with van der Waals surface area (Å²) in [5, 5.41) is 8.89. The Hall–Kier alpha value is -2.04. The Kier molecular flexibility index (Phi) is 5.17. The minimum absolute atomic E-state index is 0.160. The van der Waals surface area contributed by atoms with Gasteiger partial charge >= 0.3 is 5.97 Å². The van der Waals surface area contributed by atoms with Crippen molar-refractivity contribution >= 4 is 11.9 Å². The third kappa shape index (κ3) is 4.86.